The molecule has 0 saturated carbocycles. The fraction of sp³-hybridized carbons (Fsp3) is 0.525. The molecule has 3 aromatic carbocycles. The Bertz CT molecular complexity index is 2860. The van der Waals surface area contributed by atoms with Gasteiger partial charge in [-0.15, -0.1) is 0 Å². The van der Waals surface area contributed by atoms with Crippen molar-refractivity contribution < 1.29 is 73.2 Å². The molecule has 3 aromatic rings. The molecule has 2 heterocycles. The number of carboxylic acids is 2. The summed E-state index contributed by atoms with van der Waals surface area (Å²) < 4.78 is 0. The van der Waals surface area contributed by atoms with Gasteiger partial charge in [0.1, 0.15) is 42.0 Å². The number of benzene rings is 3. The van der Waals surface area contributed by atoms with Crippen LogP contribution >= 0.6 is 11.8 Å². The van der Waals surface area contributed by atoms with Crippen LogP contribution in [0.1, 0.15) is 126 Å². The highest BCUT2D eigenvalue weighted by molar-refractivity contribution is 8.00. The van der Waals surface area contributed by atoms with Crippen molar-refractivity contribution in [2.24, 2.45) is 5.92 Å². The minimum absolute atomic E-state index is 0.102. The molecule has 0 spiro atoms. The Morgan fingerprint density at radius 1 is 0.616 bits per heavy atom. The molecule has 25 heteroatoms. The molecule has 5 rings (SSSR count). The molecule has 86 heavy (non-hydrogen) atoms. The lowest BCUT2D eigenvalue weighted by Gasteiger charge is -2.35. The van der Waals surface area contributed by atoms with Gasteiger partial charge in [0.25, 0.3) is 0 Å². The average Bonchev–Trinajstić information content (AvgIpc) is 1.62. The molecule has 0 radical (unpaired) electrons. The molecule has 2 aliphatic rings. The Labute approximate surface area is 504 Å². The van der Waals surface area contributed by atoms with Crippen LogP contribution in [0.4, 0.5) is 4.79 Å². The molecule has 12 atom stereocenters. The lowest BCUT2D eigenvalue weighted by atomic mass is 9.79. The zero-order chi connectivity index (χ0) is 63.3. The zero-order valence-electron chi connectivity index (χ0n) is 49.4. The maximum atomic E-state index is 14.3. The first-order valence-corrected chi connectivity index (χ1v) is 30.1. The number of carbonyl (C=O) groups is 11. The van der Waals surface area contributed by atoms with Gasteiger partial charge in [0.2, 0.25) is 35.4 Å². The Hall–Kier alpha value is -7.74. The summed E-state index contributed by atoms with van der Waals surface area (Å²) in [6, 6.07) is 12.8. The number of aliphatic carboxylic acids is 2. The van der Waals surface area contributed by atoms with E-state index in [0.29, 0.717) is 55.3 Å². The number of carboxylic acid groups (broad SMARTS) is 2. The number of aliphatic hydroxyl groups is 2. The minimum atomic E-state index is -1.88. The summed E-state index contributed by atoms with van der Waals surface area (Å²) in [7, 11) is 0. The van der Waals surface area contributed by atoms with Crippen LogP contribution in [-0.2, 0) is 56.0 Å². The number of nitrogens with one attached hydrogen (secondary N) is 9. The molecule has 0 aromatic heterocycles. The van der Waals surface area contributed by atoms with E-state index in [2.05, 4.69) is 54.8 Å². The minimum Gasteiger partial charge on any atom is -0.481 e. The Morgan fingerprint density at radius 3 is 1.77 bits per heavy atom. The number of carbonyl (C=O) groups excluding carboxylic acids is 9. The lowest BCUT2D eigenvalue weighted by molar-refractivity contribution is -0.143. The molecule has 2 fully saturated rings. The van der Waals surface area contributed by atoms with Gasteiger partial charge in [-0.3, -0.25) is 48.5 Å². The number of fused-ring (bicyclic) bond motifs is 1. The average molecular weight is 1210 g/mol. The number of unbranched alkanes of at least 4 members (excludes halogenated alkanes) is 2. The topological polar surface area (TPSA) is 377 Å². The zero-order valence-corrected chi connectivity index (χ0v) is 50.3. The van der Waals surface area contributed by atoms with Gasteiger partial charge in [-0.1, -0.05) is 112 Å². The Morgan fingerprint density at radius 2 is 1.15 bits per heavy atom. The number of hydrogen-bond donors (Lipinski definition) is 13. The number of ketones is 2. The van der Waals surface area contributed by atoms with Gasteiger partial charge in [0.05, 0.1) is 36.3 Å². The number of hydrogen-bond acceptors (Lipinski definition) is 15. The van der Waals surface area contributed by atoms with Gasteiger partial charge in [-0.05, 0) is 70.4 Å². The molecular weight excluding hydrogens is 1130 g/mol. The number of urea groups is 1. The normalized spacial score (nSPS) is 20.0. The molecule has 468 valence electrons. The Kier molecular flexibility index (Phi) is 26.2. The standard InChI is InChI=1S/C61H83N9O15S/c1-7-35(2)49(67-56(81)50(36(3)71)63-33-42(73)22-16-17-29-62-47(74)24-15-14-23-46-61(6)60(5,34-86-46)69-59(85)70-61)55(80)68-51(37(4)72)57(82)65-43(30-39-25-27-41(28-26-39)52(77)40-20-12-9-13-21-40)53(78)64-44(32-48(75)76)54(79)66-45(58(83)84)31-38-18-10-8-11-19-38/h8-13,18-21,25-28,35-37,43-46,49-51,63,71-72H,7,14-17,22-24,29-34H2,1-6H3,(H,62,74)(H,64,78)(H,65,82)(H,66,79)(H,67,81)(H,68,80)(H,75,76)(H,83,84)(H2,69,70,85)/t35-,36+,37+,43-,44-,45-,46-,49-,50-,51-,60-,61+/m0/s1. The molecule has 13 N–H and O–H groups in total. The highest BCUT2D eigenvalue weighted by Crippen LogP contribution is 2.47. The van der Waals surface area contributed by atoms with Gasteiger partial charge >= 0.3 is 18.0 Å². The maximum absolute atomic E-state index is 14.3. The number of aliphatic hydroxyl groups excluding tert-OH is 2. The van der Waals surface area contributed by atoms with Crippen LogP contribution in [0.15, 0.2) is 84.9 Å². The summed E-state index contributed by atoms with van der Waals surface area (Å²) in [5, 5.41) is 65.6. The predicted molar refractivity (Wildman–Crippen MR) is 319 cm³/mol. The highest BCUT2D eigenvalue weighted by atomic mass is 32.2. The molecule has 2 saturated heterocycles. The van der Waals surface area contributed by atoms with E-state index in [1.165, 1.54) is 38.1 Å². The van der Waals surface area contributed by atoms with Crippen LogP contribution in [-0.4, -0.2) is 169 Å². The first-order chi connectivity index (χ1) is 40.7. The second kappa shape index (κ2) is 32.7. The van der Waals surface area contributed by atoms with Crippen LogP contribution in [0, 0.1) is 5.92 Å². The van der Waals surface area contributed by atoms with Crippen molar-refractivity contribution >= 4 is 76.7 Å². The third kappa shape index (κ3) is 19.9. The van der Waals surface area contributed by atoms with E-state index < -0.39 is 102 Å². The van der Waals surface area contributed by atoms with E-state index in [1.54, 1.807) is 74.5 Å². The monoisotopic (exact) mass is 1210 g/mol. The van der Waals surface area contributed by atoms with Crippen LogP contribution in [0.5, 0.6) is 0 Å². The van der Waals surface area contributed by atoms with Gasteiger partial charge < -0.3 is 63.0 Å². The van der Waals surface area contributed by atoms with Crippen LogP contribution in [0.3, 0.4) is 0 Å². The van der Waals surface area contributed by atoms with Crippen molar-refractivity contribution in [3.63, 3.8) is 0 Å². The number of rotatable bonds is 36. The van der Waals surface area contributed by atoms with E-state index in [-0.39, 0.29) is 71.2 Å². The highest BCUT2D eigenvalue weighted by Gasteiger charge is 2.60. The van der Waals surface area contributed by atoms with Gasteiger partial charge in [0.15, 0.2) is 5.78 Å². The van der Waals surface area contributed by atoms with Crippen molar-refractivity contribution in [1.29, 1.82) is 0 Å². The molecule has 8 amide bonds. The van der Waals surface area contributed by atoms with Gasteiger partial charge in [-0.25, -0.2) is 9.59 Å². The molecule has 0 unspecified atom stereocenters. The molecule has 24 nitrogen and oxygen atoms in total. The summed E-state index contributed by atoms with van der Waals surface area (Å²) >= 11 is 1.82. The first-order valence-electron chi connectivity index (χ1n) is 29.0. The fourth-order valence-electron chi connectivity index (χ4n) is 10.2. The largest absolute Gasteiger partial charge is 0.481 e. The smallest absolute Gasteiger partial charge is 0.326 e. The van der Waals surface area contributed by atoms with Crippen LogP contribution in [0.25, 0.3) is 0 Å². The summed E-state index contributed by atoms with van der Waals surface area (Å²) in [5.74, 6) is -8.75. The molecule has 0 aliphatic carbocycles. The van der Waals surface area contributed by atoms with Crippen molar-refractivity contribution in [1.82, 2.24) is 47.9 Å². The molecule has 0 bridgehead atoms. The van der Waals surface area contributed by atoms with Crippen molar-refractivity contribution in [2.45, 2.75) is 177 Å². The molecular formula is C61H83N9O15S. The predicted octanol–water partition coefficient (Wildman–Crippen LogP) is 1.81. The first kappa shape index (κ1) is 69.0. The third-order valence-corrected chi connectivity index (χ3v) is 17.7. The van der Waals surface area contributed by atoms with Crippen LogP contribution < -0.4 is 47.9 Å². The van der Waals surface area contributed by atoms with E-state index in [0.717, 1.165) is 18.6 Å². The van der Waals surface area contributed by atoms with Crippen molar-refractivity contribution in [2.75, 3.05) is 18.8 Å². The van der Waals surface area contributed by atoms with E-state index in [1.807, 2.05) is 18.7 Å². The SMILES string of the molecule is CC[C@H](C)[C@H](NC(=O)[C@@H](NCC(=O)CCCCNC(=O)CCCC[C@@H]1SC[C@]2(C)NC(=O)N[C@]12C)[C@@H](C)O)C(=O)N[C@H](C(=O)N[C@@H](Cc1ccc(C(=O)c2ccccc2)cc1)C(=O)N[C@@H](CC(=O)O)C(=O)N[C@@H](Cc1ccccc1)C(=O)O)[C@@H](C)O. The van der Waals surface area contributed by atoms with Gasteiger partial charge in [0, 0.05) is 54.4 Å². The number of amides is 8. The summed E-state index contributed by atoms with van der Waals surface area (Å²) in [6.45, 7) is 9.99. The van der Waals surface area contributed by atoms with Crippen molar-refractivity contribution in [3.05, 3.63) is 107 Å². The quantitative estimate of drug-likeness (QED) is 0.0224. The van der Waals surface area contributed by atoms with Crippen LogP contribution in [0.2, 0.25) is 0 Å². The maximum Gasteiger partial charge on any atom is 0.326 e. The summed E-state index contributed by atoms with van der Waals surface area (Å²) in [5.41, 5.74) is 0.885. The van der Waals surface area contributed by atoms with E-state index in [4.69, 9.17) is 0 Å². The summed E-state index contributed by atoms with van der Waals surface area (Å²) in [4.78, 5) is 145. The fourth-order valence-corrected chi connectivity index (χ4v) is 12.1. The Balaban J connectivity index is 1.19. The second-order valence-corrected chi connectivity index (χ2v) is 23.8. The number of thioether (sulfide) groups is 1. The van der Waals surface area contributed by atoms with Gasteiger partial charge in [-0.2, -0.15) is 11.8 Å². The second-order valence-electron chi connectivity index (χ2n) is 22.6. The summed E-state index contributed by atoms with van der Waals surface area (Å²) in [6.07, 6.45) is -0.548. The van der Waals surface area contributed by atoms with E-state index >= 15 is 0 Å². The van der Waals surface area contributed by atoms with E-state index in [9.17, 15) is 73.2 Å². The lowest BCUT2D eigenvalue weighted by Crippen LogP contribution is -2.63. The molecule has 2 aliphatic heterocycles. The number of Topliss-reactive ketones (excluding diaryl/α,β-unsaturated/α-hetero) is 1. The van der Waals surface area contributed by atoms with Crippen molar-refractivity contribution in [3.8, 4) is 0 Å². The third-order valence-electron chi connectivity index (χ3n) is 15.8.